The average molecular weight is 252 g/mol. The van der Waals surface area contributed by atoms with E-state index in [0.29, 0.717) is 5.75 Å². The molecular formula is C11H16N4OS. The summed E-state index contributed by atoms with van der Waals surface area (Å²) in [7, 11) is -0.734. The molecule has 2 aromatic heterocycles. The summed E-state index contributed by atoms with van der Waals surface area (Å²) in [5, 5.41) is 7.38. The molecule has 2 heterocycles. The van der Waals surface area contributed by atoms with Crippen LogP contribution in [0.3, 0.4) is 0 Å². The molecule has 2 rings (SSSR count). The lowest BCUT2D eigenvalue weighted by atomic mass is 10.2. The van der Waals surface area contributed by atoms with Crippen molar-refractivity contribution in [1.82, 2.24) is 14.6 Å². The minimum atomic E-state index is -0.734. The van der Waals surface area contributed by atoms with E-state index >= 15 is 0 Å². The lowest BCUT2D eigenvalue weighted by Crippen LogP contribution is -2.18. The molecule has 17 heavy (non-hydrogen) atoms. The number of fused-ring (bicyclic) bond motifs is 1. The van der Waals surface area contributed by atoms with Crippen molar-refractivity contribution in [2.45, 2.75) is 19.4 Å². The zero-order chi connectivity index (χ0) is 12.3. The molecule has 6 heteroatoms. The Morgan fingerprint density at radius 2 is 2.35 bits per heavy atom. The van der Waals surface area contributed by atoms with Gasteiger partial charge in [0.15, 0.2) is 5.65 Å². The van der Waals surface area contributed by atoms with E-state index in [1.54, 1.807) is 17.0 Å². The Kier molecular flexibility index (Phi) is 3.73. The van der Waals surface area contributed by atoms with Gasteiger partial charge in [-0.05, 0) is 19.4 Å². The third-order valence-electron chi connectivity index (χ3n) is 2.49. The van der Waals surface area contributed by atoms with Crippen LogP contribution in [0.1, 0.15) is 13.3 Å². The molecule has 0 radical (unpaired) electrons. The van der Waals surface area contributed by atoms with Crippen molar-refractivity contribution in [3.8, 4) is 0 Å². The van der Waals surface area contributed by atoms with Gasteiger partial charge in [-0.15, -0.1) is 0 Å². The number of rotatable bonds is 5. The van der Waals surface area contributed by atoms with Crippen LogP contribution in [0.25, 0.3) is 5.65 Å². The third-order valence-corrected chi connectivity index (χ3v) is 3.30. The number of aromatic nitrogens is 3. The minimum absolute atomic E-state index is 0.261. The van der Waals surface area contributed by atoms with Crippen LogP contribution in [0.4, 0.5) is 5.82 Å². The van der Waals surface area contributed by atoms with Crippen LogP contribution in [0.5, 0.6) is 0 Å². The van der Waals surface area contributed by atoms with Crippen LogP contribution in [0.15, 0.2) is 24.5 Å². The smallest absolute Gasteiger partial charge is 0.157 e. The van der Waals surface area contributed by atoms with Gasteiger partial charge in [-0.2, -0.15) is 5.10 Å². The van der Waals surface area contributed by atoms with Crippen molar-refractivity contribution < 1.29 is 4.21 Å². The lowest BCUT2D eigenvalue weighted by Gasteiger charge is -2.13. The Morgan fingerprint density at radius 3 is 3.12 bits per heavy atom. The molecule has 0 saturated carbocycles. The highest BCUT2D eigenvalue weighted by Crippen LogP contribution is 2.08. The maximum absolute atomic E-state index is 11.0. The van der Waals surface area contributed by atoms with Crippen molar-refractivity contribution in [2.75, 3.05) is 17.3 Å². The number of nitrogens with zero attached hydrogens (tertiary/aromatic N) is 3. The molecule has 1 N–H and O–H groups in total. The van der Waals surface area contributed by atoms with E-state index in [9.17, 15) is 4.21 Å². The number of hydrogen-bond donors (Lipinski definition) is 1. The summed E-state index contributed by atoms with van der Waals surface area (Å²) < 4.78 is 12.7. The van der Waals surface area contributed by atoms with Gasteiger partial charge in [-0.3, -0.25) is 4.21 Å². The van der Waals surface area contributed by atoms with Crippen molar-refractivity contribution in [3.63, 3.8) is 0 Å². The molecule has 0 aliphatic rings. The van der Waals surface area contributed by atoms with Gasteiger partial charge in [0.1, 0.15) is 5.82 Å². The van der Waals surface area contributed by atoms with E-state index in [-0.39, 0.29) is 6.04 Å². The molecule has 0 spiro atoms. The molecule has 2 atom stereocenters. The molecule has 5 nitrogen and oxygen atoms in total. The van der Waals surface area contributed by atoms with Crippen LogP contribution in [-0.4, -0.2) is 36.9 Å². The molecule has 92 valence electrons. The summed E-state index contributed by atoms with van der Waals surface area (Å²) in [6.45, 7) is 2.06. The van der Waals surface area contributed by atoms with E-state index in [1.807, 2.05) is 18.3 Å². The van der Waals surface area contributed by atoms with E-state index in [1.165, 1.54) is 0 Å². The van der Waals surface area contributed by atoms with Crippen LogP contribution in [0, 0.1) is 0 Å². The van der Waals surface area contributed by atoms with E-state index in [2.05, 4.69) is 22.3 Å². The predicted molar refractivity (Wildman–Crippen MR) is 69.6 cm³/mol. The molecular weight excluding hydrogens is 236 g/mol. The lowest BCUT2D eigenvalue weighted by molar-refractivity contribution is 0.678. The predicted octanol–water partition coefficient (Wildman–Crippen LogP) is 1.30. The summed E-state index contributed by atoms with van der Waals surface area (Å²) in [6, 6.07) is 4.01. The Hall–Kier alpha value is -1.43. The van der Waals surface area contributed by atoms with Gasteiger partial charge in [0.25, 0.3) is 0 Å². The van der Waals surface area contributed by atoms with Gasteiger partial charge in [-0.25, -0.2) is 9.50 Å². The van der Waals surface area contributed by atoms with Crippen molar-refractivity contribution in [1.29, 1.82) is 0 Å². The first-order valence-corrected chi connectivity index (χ1v) is 7.25. The quantitative estimate of drug-likeness (QED) is 0.871. The molecule has 2 unspecified atom stereocenters. The number of hydrogen-bond acceptors (Lipinski definition) is 4. The summed E-state index contributed by atoms with van der Waals surface area (Å²) >= 11 is 0. The fourth-order valence-corrected chi connectivity index (χ4v) is 2.25. The average Bonchev–Trinajstić information content (AvgIpc) is 2.73. The molecule has 0 aliphatic heterocycles. The molecule has 0 aromatic carbocycles. The monoisotopic (exact) mass is 252 g/mol. The van der Waals surface area contributed by atoms with Crippen molar-refractivity contribution in [2.24, 2.45) is 0 Å². The van der Waals surface area contributed by atoms with Gasteiger partial charge < -0.3 is 5.32 Å². The Balaban J connectivity index is 1.99. The highest BCUT2D eigenvalue weighted by molar-refractivity contribution is 7.84. The highest BCUT2D eigenvalue weighted by atomic mass is 32.2. The first kappa shape index (κ1) is 12.0. The van der Waals surface area contributed by atoms with Crippen LogP contribution in [0.2, 0.25) is 0 Å². The fraction of sp³-hybridized carbons (Fsp3) is 0.455. The molecule has 0 fully saturated rings. The molecule has 0 aliphatic carbocycles. The Bertz CT molecular complexity index is 525. The minimum Gasteiger partial charge on any atom is -0.367 e. The van der Waals surface area contributed by atoms with E-state index in [4.69, 9.17) is 0 Å². The van der Waals surface area contributed by atoms with Crippen molar-refractivity contribution >= 4 is 22.3 Å². The molecule has 0 amide bonds. The molecule has 0 saturated heterocycles. The van der Waals surface area contributed by atoms with Gasteiger partial charge in [0, 0.05) is 41.1 Å². The van der Waals surface area contributed by atoms with Crippen LogP contribution in [-0.2, 0) is 10.8 Å². The second-order valence-electron chi connectivity index (χ2n) is 4.06. The standard InChI is InChI=1S/C11H16N4OS/c1-9(5-8-17(2)16)13-10-4-7-15-11(14-10)3-6-12-15/h3-4,6-7,9H,5,8H2,1-2H3,(H,13,14). The SMILES string of the molecule is CC(CCS(C)=O)Nc1ccn2nccc2n1. The highest BCUT2D eigenvalue weighted by Gasteiger charge is 2.05. The topological polar surface area (TPSA) is 59.3 Å². The summed E-state index contributed by atoms with van der Waals surface area (Å²) in [6.07, 6.45) is 6.18. The first-order valence-electron chi connectivity index (χ1n) is 5.52. The third kappa shape index (κ3) is 3.26. The summed E-state index contributed by atoms with van der Waals surface area (Å²) in [4.78, 5) is 4.42. The molecule has 2 aromatic rings. The first-order chi connectivity index (χ1) is 8.15. The van der Waals surface area contributed by atoms with E-state index < -0.39 is 10.8 Å². The van der Waals surface area contributed by atoms with Gasteiger partial charge >= 0.3 is 0 Å². The second kappa shape index (κ2) is 5.27. The summed E-state index contributed by atoms with van der Waals surface area (Å²) in [5.41, 5.74) is 0.821. The molecule has 0 bridgehead atoms. The zero-order valence-corrected chi connectivity index (χ0v) is 10.8. The van der Waals surface area contributed by atoms with Gasteiger partial charge in [0.2, 0.25) is 0 Å². The largest absolute Gasteiger partial charge is 0.367 e. The number of anilines is 1. The second-order valence-corrected chi connectivity index (χ2v) is 5.61. The maximum atomic E-state index is 11.0. The van der Waals surface area contributed by atoms with Crippen LogP contribution < -0.4 is 5.32 Å². The maximum Gasteiger partial charge on any atom is 0.157 e. The van der Waals surface area contributed by atoms with E-state index in [0.717, 1.165) is 17.9 Å². The van der Waals surface area contributed by atoms with Crippen molar-refractivity contribution in [3.05, 3.63) is 24.5 Å². The number of nitrogens with one attached hydrogen (secondary N) is 1. The Morgan fingerprint density at radius 1 is 1.53 bits per heavy atom. The zero-order valence-electron chi connectivity index (χ0n) is 9.96. The Labute approximate surface area is 103 Å². The summed E-state index contributed by atoms with van der Waals surface area (Å²) in [5.74, 6) is 1.54. The van der Waals surface area contributed by atoms with Gasteiger partial charge in [-0.1, -0.05) is 0 Å². The van der Waals surface area contributed by atoms with Crippen LogP contribution >= 0.6 is 0 Å². The van der Waals surface area contributed by atoms with Gasteiger partial charge in [0.05, 0.1) is 6.20 Å². The normalized spacial score (nSPS) is 14.7. The fourth-order valence-electron chi connectivity index (χ4n) is 1.56.